The molecule has 0 atom stereocenters. The summed E-state index contributed by atoms with van der Waals surface area (Å²) in [7, 11) is 0. The Morgan fingerprint density at radius 3 is 1.97 bits per heavy atom. The molecule has 1 aromatic heterocycles. The number of anilines is 2. The van der Waals surface area contributed by atoms with Gasteiger partial charge in [0, 0.05) is 38.8 Å². The molecule has 4 fully saturated rings. The molecule has 3 aliphatic heterocycles. The minimum Gasteiger partial charge on any atom is -0.376 e. The highest BCUT2D eigenvalue weighted by Crippen LogP contribution is 2.57. The van der Waals surface area contributed by atoms with Crippen molar-refractivity contribution in [2.45, 2.75) is 120 Å². The van der Waals surface area contributed by atoms with Gasteiger partial charge in [-0.1, -0.05) is 144 Å². The molecule has 7 aromatic rings. The van der Waals surface area contributed by atoms with Crippen molar-refractivity contribution in [3.63, 3.8) is 0 Å². The van der Waals surface area contributed by atoms with Crippen LogP contribution in [0, 0.1) is 11.8 Å². The van der Waals surface area contributed by atoms with Crippen LogP contribution >= 0.6 is 0 Å². The van der Waals surface area contributed by atoms with Gasteiger partial charge < -0.3 is 9.38 Å². The smallest absolute Gasteiger partial charge is 0.333 e. The van der Waals surface area contributed by atoms with Crippen molar-refractivity contribution in [2.24, 2.45) is 11.8 Å². The number of aromatic nitrogens is 1. The zero-order valence-corrected chi connectivity index (χ0v) is 35.5. The fourth-order valence-corrected chi connectivity index (χ4v) is 15.3. The second kappa shape index (κ2) is 12.1. The van der Waals surface area contributed by atoms with Crippen LogP contribution in [0.25, 0.3) is 49.7 Å². The molecule has 2 nitrogen and oxygen atoms in total. The Kier molecular flexibility index (Phi) is 6.98. The molecular formula is C57H55BN2. The van der Waals surface area contributed by atoms with Crippen LogP contribution in [0.5, 0.6) is 0 Å². The first-order valence-corrected chi connectivity index (χ1v) is 23.8. The summed E-state index contributed by atoms with van der Waals surface area (Å²) >= 11 is 0. The van der Waals surface area contributed by atoms with Crippen LogP contribution in [0.3, 0.4) is 0 Å². The number of hydrogen-bond acceptors (Lipinski definition) is 1. The third-order valence-corrected chi connectivity index (χ3v) is 18.0. The third kappa shape index (κ3) is 4.47. The predicted molar refractivity (Wildman–Crippen MR) is 252 cm³/mol. The summed E-state index contributed by atoms with van der Waals surface area (Å²) < 4.78 is 2.76. The highest BCUT2D eigenvalue weighted by atomic mass is 15.1. The maximum absolute atomic E-state index is 2.83. The fraction of sp³-hybridized carbons (Fsp3) is 0.368. The minimum absolute atomic E-state index is 0.0693. The van der Waals surface area contributed by atoms with Gasteiger partial charge in [0.05, 0.1) is 11.0 Å². The summed E-state index contributed by atoms with van der Waals surface area (Å²) in [4.78, 5) is 2.83. The van der Waals surface area contributed by atoms with E-state index in [9.17, 15) is 0 Å². The topological polar surface area (TPSA) is 8.17 Å². The molecule has 296 valence electrons. The average Bonchev–Trinajstić information content (AvgIpc) is 3.62. The van der Waals surface area contributed by atoms with Crippen molar-refractivity contribution >= 4 is 51.0 Å². The highest BCUT2D eigenvalue weighted by Gasteiger charge is 2.51. The summed E-state index contributed by atoms with van der Waals surface area (Å²) in [6, 6.07) is 46.4. The van der Waals surface area contributed by atoms with Gasteiger partial charge in [-0.2, -0.15) is 0 Å². The molecule has 3 heteroatoms. The molecule has 0 saturated heterocycles. The van der Waals surface area contributed by atoms with Crippen molar-refractivity contribution in [2.75, 3.05) is 4.81 Å². The summed E-state index contributed by atoms with van der Waals surface area (Å²) in [6.07, 6.45) is 19.4. The first kappa shape index (κ1) is 34.7. The van der Waals surface area contributed by atoms with Crippen molar-refractivity contribution in [3.8, 4) is 27.9 Å². The van der Waals surface area contributed by atoms with Crippen LogP contribution in [0.1, 0.15) is 126 Å². The van der Waals surface area contributed by atoms with E-state index in [0.29, 0.717) is 5.41 Å². The van der Waals surface area contributed by atoms with E-state index in [1.54, 1.807) is 11.1 Å². The van der Waals surface area contributed by atoms with E-state index in [2.05, 4.69) is 138 Å². The zero-order chi connectivity index (χ0) is 39.5. The molecule has 0 unspecified atom stereocenters. The van der Waals surface area contributed by atoms with Gasteiger partial charge in [0.2, 0.25) is 0 Å². The van der Waals surface area contributed by atoms with Gasteiger partial charge in [0.1, 0.15) is 0 Å². The van der Waals surface area contributed by atoms with Crippen molar-refractivity contribution in [1.29, 1.82) is 0 Å². The van der Waals surface area contributed by atoms with Crippen molar-refractivity contribution in [1.82, 2.24) is 4.57 Å². The molecule has 4 aliphatic carbocycles. The van der Waals surface area contributed by atoms with Crippen LogP contribution in [-0.2, 0) is 16.2 Å². The van der Waals surface area contributed by atoms with E-state index < -0.39 is 0 Å². The first-order valence-electron chi connectivity index (χ1n) is 23.8. The van der Waals surface area contributed by atoms with Crippen LogP contribution in [0.4, 0.5) is 11.4 Å². The van der Waals surface area contributed by atoms with Crippen LogP contribution in [0.15, 0.2) is 115 Å². The molecule has 4 saturated carbocycles. The monoisotopic (exact) mass is 778 g/mol. The van der Waals surface area contributed by atoms with Crippen LogP contribution < -0.4 is 15.7 Å². The first-order chi connectivity index (χ1) is 29.4. The summed E-state index contributed by atoms with van der Waals surface area (Å²) in [5.74, 6) is 1.78. The molecule has 0 radical (unpaired) electrons. The largest absolute Gasteiger partial charge is 0.376 e. The standard InChI is InChI=1S/C57H55BN2/c1-55(2)46-20-6-7-22-50(46)60-53-42(19-8-21-47(53)55)44-29-39(38-17-4-3-5-18-38)30-51-52(44)58(60)48-33-41(57-27-11-15-37(35-57)16-12-28-57)32-45-43-31-40(23-24-49(43)59(51)54(45)48)56-25-9-13-36(34-56)14-10-26-56/h3-8,17-24,29-33,36-37H,9-16,25-28,34-35H2,1-2H3. The molecule has 6 aromatic carbocycles. The molecule has 60 heavy (non-hydrogen) atoms. The van der Waals surface area contributed by atoms with Crippen molar-refractivity contribution < 1.29 is 0 Å². The van der Waals surface area contributed by atoms with Gasteiger partial charge in [-0.05, 0) is 147 Å². The lowest BCUT2D eigenvalue weighted by Crippen LogP contribution is -2.62. The lowest BCUT2D eigenvalue weighted by Gasteiger charge is -2.50. The molecule has 14 rings (SSSR count). The Bertz CT molecular complexity index is 2950. The minimum atomic E-state index is -0.123. The Hall–Kier alpha value is -5.02. The Balaban J connectivity index is 1.13. The van der Waals surface area contributed by atoms with E-state index in [0.717, 1.165) is 11.8 Å². The molecule has 7 aliphatic rings. The maximum Gasteiger partial charge on any atom is 0.333 e. The quantitative estimate of drug-likeness (QED) is 0.162. The van der Waals surface area contributed by atoms with Gasteiger partial charge in [-0.25, -0.2) is 0 Å². The molecule has 4 bridgehead atoms. The van der Waals surface area contributed by atoms with E-state index >= 15 is 0 Å². The molecular weight excluding hydrogens is 723 g/mol. The van der Waals surface area contributed by atoms with Gasteiger partial charge in [0.25, 0.3) is 0 Å². The van der Waals surface area contributed by atoms with E-state index in [1.807, 2.05) is 0 Å². The second-order valence-corrected chi connectivity index (χ2v) is 21.2. The summed E-state index contributed by atoms with van der Waals surface area (Å²) in [5.41, 5.74) is 22.0. The molecule has 0 N–H and O–H groups in total. The number of para-hydroxylation sites is 2. The van der Waals surface area contributed by atoms with E-state index in [-0.39, 0.29) is 17.7 Å². The average molecular weight is 779 g/mol. The van der Waals surface area contributed by atoms with E-state index in [4.69, 9.17) is 0 Å². The number of hydrogen-bond donors (Lipinski definition) is 0. The van der Waals surface area contributed by atoms with Gasteiger partial charge in [0.15, 0.2) is 0 Å². The number of fused-ring (bicyclic) bond motifs is 13. The Morgan fingerprint density at radius 1 is 0.550 bits per heavy atom. The molecule has 0 spiro atoms. The van der Waals surface area contributed by atoms with Gasteiger partial charge in [-0.3, -0.25) is 0 Å². The lowest BCUT2D eigenvalue weighted by atomic mass is 9.42. The number of benzene rings is 6. The Labute approximate surface area is 356 Å². The summed E-state index contributed by atoms with van der Waals surface area (Å²) in [6.45, 7) is 4.98. The number of nitrogens with zero attached hydrogens (tertiary/aromatic N) is 2. The summed E-state index contributed by atoms with van der Waals surface area (Å²) in [5, 5.41) is 2.99. The Morgan fingerprint density at radius 2 is 1.22 bits per heavy atom. The third-order valence-electron chi connectivity index (χ3n) is 18.0. The van der Waals surface area contributed by atoms with E-state index in [1.165, 1.54) is 173 Å². The van der Waals surface area contributed by atoms with Crippen molar-refractivity contribution in [3.05, 3.63) is 138 Å². The van der Waals surface area contributed by atoms with Gasteiger partial charge in [-0.15, -0.1) is 0 Å². The SMILES string of the molecule is CC1(C)c2ccccc2N2B3c4c(cc(-c5ccccc5)cc4-n4c5ccc(C67CCCC(CCC6)C7)cc5c5cc(C67CCCC(CCC6)C7)cc3c54)-c3cccc1c32. The zero-order valence-electron chi connectivity index (χ0n) is 35.5. The van der Waals surface area contributed by atoms with Gasteiger partial charge >= 0.3 is 6.85 Å². The molecule has 0 amide bonds. The normalized spacial score (nSPS) is 26.4. The highest BCUT2D eigenvalue weighted by molar-refractivity contribution is 6.93. The van der Waals surface area contributed by atoms with Crippen LogP contribution in [-0.4, -0.2) is 11.4 Å². The predicted octanol–water partition coefficient (Wildman–Crippen LogP) is 13.6. The fourth-order valence-electron chi connectivity index (χ4n) is 15.3. The molecule has 4 heterocycles. The lowest BCUT2D eigenvalue weighted by molar-refractivity contribution is 0.149. The number of rotatable bonds is 3. The second-order valence-electron chi connectivity index (χ2n) is 21.2. The van der Waals surface area contributed by atoms with Crippen LogP contribution in [0.2, 0.25) is 0 Å². The maximum atomic E-state index is 2.83.